The van der Waals surface area contributed by atoms with E-state index in [0.717, 1.165) is 5.56 Å². The van der Waals surface area contributed by atoms with Crippen LogP contribution in [0.2, 0.25) is 0 Å². The van der Waals surface area contributed by atoms with Crippen molar-refractivity contribution >= 4 is 11.7 Å². The van der Waals surface area contributed by atoms with E-state index in [1.807, 2.05) is 0 Å². The van der Waals surface area contributed by atoms with Crippen molar-refractivity contribution in [2.75, 3.05) is 7.11 Å². The van der Waals surface area contributed by atoms with Gasteiger partial charge in [-0.1, -0.05) is 5.16 Å². The van der Waals surface area contributed by atoms with Crippen molar-refractivity contribution in [2.45, 2.75) is 19.5 Å². The van der Waals surface area contributed by atoms with Gasteiger partial charge in [0.05, 0.1) is 13.2 Å². The summed E-state index contributed by atoms with van der Waals surface area (Å²) >= 11 is 0. The Hall–Kier alpha value is -2.28. The van der Waals surface area contributed by atoms with Crippen molar-refractivity contribution < 1.29 is 14.7 Å². The number of hydrogen-bond acceptors (Lipinski definition) is 5. The molecule has 0 radical (unpaired) electrons. The first-order valence-electron chi connectivity index (χ1n) is 5.67. The molecule has 0 heterocycles. The van der Waals surface area contributed by atoms with Gasteiger partial charge in [0, 0.05) is 17.7 Å². The standard InChI is InChI=1S/C12H18N4O3/c1-7(12(14)17)15-6-9-5-8(11(13)16-18)3-4-10(9)19-2/h3-5,7,15,18H,6H2,1-2H3,(H2,13,16)(H2,14,17). The van der Waals surface area contributed by atoms with Gasteiger partial charge in [0.25, 0.3) is 0 Å². The Morgan fingerprint density at radius 2 is 2.21 bits per heavy atom. The van der Waals surface area contributed by atoms with Crippen LogP contribution < -0.4 is 21.5 Å². The summed E-state index contributed by atoms with van der Waals surface area (Å²) < 4.78 is 5.21. The number of oxime groups is 1. The summed E-state index contributed by atoms with van der Waals surface area (Å²) in [5.41, 5.74) is 12.0. The molecular weight excluding hydrogens is 248 g/mol. The average Bonchev–Trinajstić information content (AvgIpc) is 2.43. The van der Waals surface area contributed by atoms with Crippen LogP contribution in [0.1, 0.15) is 18.1 Å². The van der Waals surface area contributed by atoms with Gasteiger partial charge in [-0.25, -0.2) is 0 Å². The molecule has 1 rings (SSSR count). The number of hydrogen-bond donors (Lipinski definition) is 4. The number of nitrogens with zero attached hydrogens (tertiary/aromatic N) is 1. The van der Waals surface area contributed by atoms with Crippen LogP contribution in [0.3, 0.4) is 0 Å². The van der Waals surface area contributed by atoms with Crippen LogP contribution >= 0.6 is 0 Å². The number of amides is 1. The van der Waals surface area contributed by atoms with E-state index >= 15 is 0 Å². The summed E-state index contributed by atoms with van der Waals surface area (Å²) in [5.74, 6) is 0.206. The van der Waals surface area contributed by atoms with Crippen molar-refractivity contribution in [3.05, 3.63) is 29.3 Å². The lowest BCUT2D eigenvalue weighted by Gasteiger charge is -2.13. The van der Waals surface area contributed by atoms with E-state index in [1.54, 1.807) is 32.2 Å². The molecule has 0 fully saturated rings. The average molecular weight is 266 g/mol. The highest BCUT2D eigenvalue weighted by atomic mass is 16.5. The molecule has 1 unspecified atom stereocenters. The summed E-state index contributed by atoms with van der Waals surface area (Å²) in [7, 11) is 1.54. The third-order valence-electron chi connectivity index (χ3n) is 2.71. The number of nitrogens with two attached hydrogens (primary N) is 2. The summed E-state index contributed by atoms with van der Waals surface area (Å²) in [5, 5.41) is 14.5. The largest absolute Gasteiger partial charge is 0.496 e. The van der Waals surface area contributed by atoms with E-state index in [9.17, 15) is 4.79 Å². The zero-order valence-electron chi connectivity index (χ0n) is 10.9. The van der Waals surface area contributed by atoms with Crippen LogP contribution in [0.15, 0.2) is 23.4 Å². The quantitative estimate of drug-likeness (QED) is 0.245. The normalized spacial score (nSPS) is 13.1. The molecule has 104 valence electrons. The Labute approximate surface area is 111 Å². The fourth-order valence-electron chi connectivity index (χ4n) is 1.50. The molecule has 1 amide bonds. The van der Waals surface area contributed by atoms with Gasteiger partial charge >= 0.3 is 0 Å². The Kier molecular flexibility index (Phi) is 5.13. The molecule has 0 aromatic heterocycles. The second kappa shape index (κ2) is 6.60. The number of carbonyl (C=O) groups is 1. The molecule has 0 aliphatic heterocycles. The minimum atomic E-state index is -0.461. The van der Waals surface area contributed by atoms with Crippen LogP contribution in [0.5, 0.6) is 5.75 Å². The number of amidine groups is 1. The molecule has 7 nitrogen and oxygen atoms in total. The first-order valence-corrected chi connectivity index (χ1v) is 5.67. The van der Waals surface area contributed by atoms with Crippen LogP contribution in [-0.4, -0.2) is 30.1 Å². The zero-order valence-corrected chi connectivity index (χ0v) is 10.9. The molecule has 1 atom stereocenters. The monoisotopic (exact) mass is 266 g/mol. The zero-order chi connectivity index (χ0) is 14.4. The summed E-state index contributed by atoms with van der Waals surface area (Å²) in [4.78, 5) is 11.0. The highest BCUT2D eigenvalue weighted by Gasteiger charge is 2.11. The Morgan fingerprint density at radius 3 is 2.74 bits per heavy atom. The van der Waals surface area contributed by atoms with Crippen molar-refractivity contribution in [1.82, 2.24) is 5.32 Å². The van der Waals surface area contributed by atoms with Crippen molar-refractivity contribution in [2.24, 2.45) is 16.6 Å². The molecule has 1 aromatic carbocycles. The SMILES string of the molecule is COc1ccc(/C(N)=N/O)cc1CNC(C)C(N)=O. The predicted octanol–water partition coefficient (Wildman–Crippen LogP) is -0.247. The maximum absolute atomic E-state index is 11.0. The molecule has 0 spiro atoms. The first-order chi connectivity index (χ1) is 8.99. The van der Waals surface area contributed by atoms with Gasteiger partial charge in [-0.05, 0) is 25.1 Å². The van der Waals surface area contributed by atoms with Crippen LogP contribution in [-0.2, 0) is 11.3 Å². The molecule has 19 heavy (non-hydrogen) atoms. The number of methoxy groups -OCH3 is 1. The molecule has 6 N–H and O–H groups in total. The molecular formula is C12H18N4O3. The highest BCUT2D eigenvalue weighted by molar-refractivity contribution is 5.97. The molecule has 0 saturated carbocycles. The third-order valence-corrected chi connectivity index (χ3v) is 2.71. The van der Waals surface area contributed by atoms with E-state index < -0.39 is 11.9 Å². The minimum absolute atomic E-state index is 0.00635. The Morgan fingerprint density at radius 1 is 1.53 bits per heavy atom. The van der Waals surface area contributed by atoms with E-state index in [1.165, 1.54) is 0 Å². The maximum atomic E-state index is 11.0. The summed E-state index contributed by atoms with van der Waals surface area (Å²) in [6, 6.07) is 4.64. The molecule has 0 aliphatic carbocycles. The van der Waals surface area contributed by atoms with Crippen molar-refractivity contribution in [1.29, 1.82) is 0 Å². The second-order valence-electron chi connectivity index (χ2n) is 4.02. The van der Waals surface area contributed by atoms with Crippen molar-refractivity contribution in [3.8, 4) is 5.75 Å². The minimum Gasteiger partial charge on any atom is -0.496 e. The number of nitrogens with one attached hydrogen (secondary N) is 1. The van der Waals surface area contributed by atoms with E-state index in [0.29, 0.717) is 17.9 Å². The number of ether oxygens (including phenoxy) is 1. The smallest absolute Gasteiger partial charge is 0.234 e. The van der Waals surface area contributed by atoms with Gasteiger partial charge in [-0.15, -0.1) is 0 Å². The molecule has 7 heteroatoms. The summed E-state index contributed by atoms with van der Waals surface area (Å²) in [6.07, 6.45) is 0. The molecule has 1 aromatic rings. The lowest BCUT2D eigenvalue weighted by atomic mass is 10.1. The molecule has 0 bridgehead atoms. The van der Waals surface area contributed by atoms with E-state index in [2.05, 4.69) is 10.5 Å². The first kappa shape index (κ1) is 14.8. The topological polar surface area (TPSA) is 123 Å². The lowest BCUT2D eigenvalue weighted by Crippen LogP contribution is -2.38. The van der Waals surface area contributed by atoms with Gasteiger partial charge < -0.3 is 26.7 Å². The molecule has 0 aliphatic rings. The Balaban J connectivity index is 2.93. The second-order valence-corrected chi connectivity index (χ2v) is 4.02. The fraction of sp³-hybridized carbons (Fsp3) is 0.333. The van der Waals surface area contributed by atoms with Gasteiger partial charge in [-0.2, -0.15) is 0 Å². The summed E-state index contributed by atoms with van der Waals surface area (Å²) in [6.45, 7) is 2.04. The van der Waals surface area contributed by atoms with E-state index in [-0.39, 0.29) is 5.84 Å². The number of primary amides is 1. The maximum Gasteiger partial charge on any atom is 0.234 e. The number of benzene rings is 1. The van der Waals surface area contributed by atoms with Gasteiger partial charge in [0.1, 0.15) is 5.75 Å². The van der Waals surface area contributed by atoms with Gasteiger partial charge in [-0.3, -0.25) is 4.79 Å². The Bertz CT molecular complexity index is 488. The lowest BCUT2D eigenvalue weighted by molar-refractivity contribution is -0.119. The van der Waals surface area contributed by atoms with Crippen LogP contribution in [0.4, 0.5) is 0 Å². The number of rotatable bonds is 6. The van der Waals surface area contributed by atoms with Crippen LogP contribution in [0.25, 0.3) is 0 Å². The van der Waals surface area contributed by atoms with Crippen LogP contribution in [0, 0.1) is 0 Å². The fourth-order valence-corrected chi connectivity index (χ4v) is 1.50. The van der Waals surface area contributed by atoms with E-state index in [4.69, 9.17) is 21.4 Å². The van der Waals surface area contributed by atoms with Crippen molar-refractivity contribution in [3.63, 3.8) is 0 Å². The van der Waals surface area contributed by atoms with Gasteiger partial charge in [0.2, 0.25) is 5.91 Å². The number of carbonyl (C=O) groups excluding carboxylic acids is 1. The molecule has 0 saturated heterocycles. The van der Waals surface area contributed by atoms with Gasteiger partial charge in [0.15, 0.2) is 5.84 Å². The third kappa shape index (κ3) is 3.85. The predicted molar refractivity (Wildman–Crippen MR) is 71.0 cm³/mol. The highest BCUT2D eigenvalue weighted by Crippen LogP contribution is 2.19.